The minimum atomic E-state index is 0. The van der Waals surface area contributed by atoms with Crippen molar-refractivity contribution in [2.45, 2.75) is 18.1 Å². The van der Waals surface area contributed by atoms with E-state index >= 15 is 0 Å². The number of aliphatic imine (C=N–C) groups is 1. The summed E-state index contributed by atoms with van der Waals surface area (Å²) in [5.74, 6) is 3.07. The summed E-state index contributed by atoms with van der Waals surface area (Å²) >= 11 is 2.07. The van der Waals surface area contributed by atoms with Crippen LogP contribution in [0.5, 0.6) is 0 Å². The van der Waals surface area contributed by atoms with Gasteiger partial charge in [0, 0.05) is 70.5 Å². The van der Waals surface area contributed by atoms with Crippen LogP contribution in [0.2, 0.25) is 0 Å². The number of thioether (sulfide) groups is 1. The van der Waals surface area contributed by atoms with Gasteiger partial charge in [-0.15, -0.1) is 24.0 Å². The van der Waals surface area contributed by atoms with Gasteiger partial charge in [-0.25, -0.2) is 9.97 Å². The lowest BCUT2D eigenvalue weighted by Crippen LogP contribution is -2.50. The molecule has 0 aromatic carbocycles. The van der Waals surface area contributed by atoms with E-state index in [-0.39, 0.29) is 24.0 Å². The van der Waals surface area contributed by atoms with Gasteiger partial charge >= 0.3 is 0 Å². The molecule has 26 heavy (non-hydrogen) atoms. The molecule has 2 aliphatic rings. The van der Waals surface area contributed by atoms with Crippen molar-refractivity contribution < 1.29 is 0 Å². The summed E-state index contributed by atoms with van der Waals surface area (Å²) in [6.45, 7) is 7.02. The first-order valence-corrected chi connectivity index (χ1v) is 10.2. The topological polar surface area (TPSA) is 68.7 Å². The zero-order valence-corrected chi connectivity index (χ0v) is 18.6. The van der Waals surface area contributed by atoms with E-state index in [9.17, 15) is 0 Å². The van der Waals surface area contributed by atoms with Crippen LogP contribution in [0.4, 0.5) is 5.95 Å². The molecule has 146 valence electrons. The molecule has 2 aliphatic heterocycles. The van der Waals surface area contributed by atoms with Crippen molar-refractivity contribution in [3.8, 4) is 0 Å². The average Bonchev–Trinajstić information content (AvgIpc) is 3.19. The summed E-state index contributed by atoms with van der Waals surface area (Å²) in [6.07, 6.45) is 6.29. The Morgan fingerprint density at radius 2 is 2.00 bits per heavy atom. The van der Waals surface area contributed by atoms with Crippen LogP contribution in [-0.2, 0) is 0 Å². The van der Waals surface area contributed by atoms with Gasteiger partial charge in [-0.3, -0.25) is 9.89 Å². The Morgan fingerprint density at radius 3 is 2.65 bits per heavy atom. The summed E-state index contributed by atoms with van der Waals surface area (Å²) in [7, 11) is 1.84. The fourth-order valence-corrected chi connectivity index (χ4v) is 4.40. The SMILES string of the molecule is CN=C(NCCN1CCN(c2ncccn2)CC1)NCC1CCCS1.I. The first kappa shape index (κ1) is 21.5. The molecule has 3 rings (SSSR count). The molecule has 2 fully saturated rings. The average molecular weight is 491 g/mol. The number of hydrogen-bond acceptors (Lipinski definition) is 6. The third-order valence-corrected chi connectivity index (χ3v) is 6.07. The molecule has 1 unspecified atom stereocenters. The number of aromatic nitrogens is 2. The highest BCUT2D eigenvalue weighted by Gasteiger charge is 2.18. The molecule has 1 aromatic heterocycles. The number of guanidine groups is 1. The van der Waals surface area contributed by atoms with Gasteiger partial charge in [-0.1, -0.05) is 0 Å². The summed E-state index contributed by atoms with van der Waals surface area (Å²) < 4.78 is 0. The van der Waals surface area contributed by atoms with Crippen LogP contribution < -0.4 is 15.5 Å². The second-order valence-corrected chi connectivity index (χ2v) is 7.80. The highest BCUT2D eigenvalue weighted by Crippen LogP contribution is 2.25. The van der Waals surface area contributed by atoms with E-state index in [1.165, 1.54) is 18.6 Å². The van der Waals surface area contributed by atoms with Gasteiger partial charge in [0.15, 0.2) is 5.96 Å². The van der Waals surface area contributed by atoms with Gasteiger partial charge in [0.05, 0.1) is 0 Å². The van der Waals surface area contributed by atoms with E-state index in [1.807, 2.05) is 13.1 Å². The molecule has 0 spiro atoms. The third kappa shape index (κ3) is 6.73. The smallest absolute Gasteiger partial charge is 0.225 e. The van der Waals surface area contributed by atoms with E-state index < -0.39 is 0 Å². The lowest BCUT2D eigenvalue weighted by molar-refractivity contribution is 0.260. The van der Waals surface area contributed by atoms with Crippen LogP contribution in [0, 0.1) is 0 Å². The van der Waals surface area contributed by atoms with Crippen molar-refractivity contribution in [1.29, 1.82) is 0 Å². The van der Waals surface area contributed by atoms with Gasteiger partial charge in [0.2, 0.25) is 5.95 Å². The van der Waals surface area contributed by atoms with Gasteiger partial charge in [0.1, 0.15) is 0 Å². The van der Waals surface area contributed by atoms with E-state index in [0.717, 1.165) is 63.0 Å². The standard InChI is InChI=1S/C17H29N7S.HI/c1-18-16(22-14-15-4-2-13-25-15)19-7-8-23-9-11-24(12-10-23)17-20-5-3-6-21-17;/h3,5-6,15H,2,4,7-14H2,1H3,(H2,18,19,22);1H. The maximum Gasteiger partial charge on any atom is 0.225 e. The Balaban J connectivity index is 0.00000243. The number of nitrogens with one attached hydrogen (secondary N) is 2. The molecule has 0 saturated carbocycles. The van der Waals surface area contributed by atoms with E-state index in [0.29, 0.717) is 0 Å². The molecule has 0 amide bonds. The van der Waals surface area contributed by atoms with Crippen LogP contribution in [0.1, 0.15) is 12.8 Å². The number of halogens is 1. The minimum absolute atomic E-state index is 0. The molecule has 3 heterocycles. The van der Waals surface area contributed by atoms with E-state index in [2.05, 4.69) is 47.2 Å². The molecule has 7 nitrogen and oxygen atoms in total. The monoisotopic (exact) mass is 491 g/mol. The molecule has 1 atom stereocenters. The first-order chi connectivity index (χ1) is 12.3. The van der Waals surface area contributed by atoms with Crippen LogP contribution in [0.3, 0.4) is 0 Å². The predicted octanol–water partition coefficient (Wildman–Crippen LogP) is 1.28. The van der Waals surface area contributed by atoms with Crippen molar-refractivity contribution in [2.75, 3.05) is 63.5 Å². The highest BCUT2D eigenvalue weighted by atomic mass is 127. The third-order valence-electron chi connectivity index (χ3n) is 4.67. The minimum Gasteiger partial charge on any atom is -0.355 e. The molecule has 9 heteroatoms. The molecule has 2 saturated heterocycles. The molecule has 2 N–H and O–H groups in total. The number of piperazine rings is 1. The Labute approximate surface area is 177 Å². The Hall–Kier alpha value is -0.810. The molecule has 0 aliphatic carbocycles. The van der Waals surface area contributed by atoms with Gasteiger partial charge in [-0.2, -0.15) is 11.8 Å². The largest absolute Gasteiger partial charge is 0.355 e. The number of rotatable bonds is 6. The van der Waals surface area contributed by atoms with Crippen molar-refractivity contribution in [3.63, 3.8) is 0 Å². The molecular formula is C17H30IN7S. The quantitative estimate of drug-likeness (QED) is 0.353. The second kappa shape index (κ2) is 11.8. The molecule has 0 radical (unpaired) electrons. The van der Waals surface area contributed by atoms with Crippen molar-refractivity contribution in [3.05, 3.63) is 18.5 Å². The first-order valence-electron chi connectivity index (χ1n) is 9.15. The van der Waals surface area contributed by atoms with Gasteiger partial charge < -0.3 is 15.5 Å². The summed E-state index contributed by atoms with van der Waals surface area (Å²) in [4.78, 5) is 17.7. The fourth-order valence-electron chi connectivity index (χ4n) is 3.19. The Bertz CT molecular complexity index is 531. The Morgan fingerprint density at radius 1 is 1.23 bits per heavy atom. The van der Waals surface area contributed by atoms with Crippen LogP contribution in [0.25, 0.3) is 0 Å². The van der Waals surface area contributed by atoms with E-state index in [1.54, 1.807) is 12.4 Å². The van der Waals surface area contributed by atoms with Crippen molar-refractivity contribution in [2.24, 2.45) is 4.99 Å². The zero-order valence-electron chi connectivity index (χ0n) is 15.4. The maximum atomic E-state index is 4.34. The lowest BCUT2D eigenvalue weighted by atomic mass is 10.2. The fraction of sp³-hybridized carbons (Fsp3) is 0.706. The van der Waals surface area contributed by atoms with Crippen LogP contribution >= 0.6 is 35.7 Å². The van der Waals surface area contributed by atoms with Crippen LogP contribution in [0.15, 0.2) is 23.5 Å². The van der Waals surface area contributed by atoms with Crippen molar-refractivity contribution in [1.82, 2.24) is 25.5 Å². The number of anilines is 1. The lowest BCUT2D eigenvalue weighted by Gasteiger charge is -2.34. The highest BCUT2D eigenvalue weighted by molar-refractivity contribution is 14.0. The molecular weight excluding hydrogens is 461 g/mol. The summed E-state index contributed by atoms with van der Waals surface area (Å²) in [6, 6.07) is 1.86. The van der Waals surface area contributed by atoms with E-state index in [4.69, 9.17) is 0 Å². The van der Waals surface area contributed by atoms with Crippen LogP contribution in [-0.4, -0.2) is 84.7 Å². The van der Waals surface area contributed by atoms with Gasteiger partial charge in [0.25, 0.3) is 0 Å². The predicted molar refractivity (Wildman–Crippen MR) is 121 cm³/mol. The molecule has 1 aromatic rings. The normalized spacial score (nSPS) is 21.3. The van der Waals surface area contributed by atoms with Crippen molar-refractivity contribution >= 4 is 47.6 Å². The second-order valence-electron chi connectivity index (χ2n) is 6.39. The maximum absolute atomic E-state index is 4.34. The number of nitrogens with zero attached hydrogens (tertiary/aromatic N) is 5. The Kier molecular flexibility index (Phi) is 9.76. The molecule has 0 bridgehead atoms. The summed E-state index contributed by atoms with van der Waals surface area (Å²) in [5, 5.41) is 7.63. The van der Waals surface area contributed by atoms with Gasteiger partial charge in [-0.05, 0) is 24.7 Å². The zero-order chi connectivity index (χ0) is 17.3. The number of hydrogen-bond donors (Lipinski definition) is 2. The summed E-state index contributed by atoms with van der Waals surface area (Å²) in [5.41, 5.74) is 0.